The Hall–Kier alpha value is -0.820. The zero-order valence-electron chi connectivity index (χ0n) is 14.7. The minimum atomic E-state index is 0.551. The number of nitrogens with zero attached hydrogens (tertiary/aromatic N) is 1. The second kappa shape index (κ2) is 6.96. The molecule has 0 spiro atoms. The highest BCUT2D eigenvalue weighted by Gasteiger charge is 2.50. The molecule has 0 bridgehead atoms. The normalized spacial score (nSPS) is 21.8. The number of rotatable bonds is 3. The predicted octanol–water partition coefficient (Wildman–Crippen LogP) is 5.17. The molecule has 118 valence electrons. The number of aryl methyl sites for hydroxylation is 1. The summed E-state index contributed by atoms with van der Waals surface area (Å²) in [6, 6.07) is 9.99. The van der Waals surface area contributed by atoms with Gasteiger partial charge in [0.25, 0.3) is 0 Å². The second-order valence-corrected chi connectivity index (χ2v) is 6.93. The molecule has 0 radical (unpaired) electrons. The zero-order chi connectivity index (χ0) is 15.5. The van der Waals surface area contributed by atoms with Crippen LogP contribution in [0.15, 0.2) is 24.3 Å². The van der Waals surface area contributed by atoms with Crippen LogP contribution in [0, 0.1) is 12.8 Å². The van der Waals surface area contributed by atoms with Gasteiger partial charge in [0, 0.05) is 6.04 Å². The van der Waals surface area contributed by atoms with Crippen molar-refractivity contribution in [1.82, 2.24) is 4.90 Å². The van der Waals surface area contributed by atoms with E-state index in [1.54, 1.807) is 5.56 Å². The van der Waals surface area contributed by atoms with Crippen molar-refractivity contribution in [2.75, 3.05) is 13.1 Å². The van der Waals surface area contributed by atoms with E-state index in [-0.39, 0.29) is 0 Å². The van der Waals surface area contributed by atoms with Gasteiger partial charge in [0.2, 0.25) is 0 Å². The molecule has 2 fully saturated rings. The number of likely N-dealkylation sites (tertiary alicyclic amines) is 1. The molecule has 1 heterocycles. The highest BCUT2D eigenvalue weighted by Crippen LogP contribution is 2.56. The molecular weight excluding hydrogens is 254 g/mol. The van der Waals surface area contributed by atoms with Gasteiger partial charge in [0.05, 0.1) is 0 Å². The van der Waals surface area contributed by atoms with Crippen molar-refractivity contribution in [2.45, 2.75) is 71.8 Å². The van der Waals surface area contributed by atoms with Gasteiger partial charge in [-0.25, -0.2) is 0 Å². The van der Waals surface area contributed by atoms with E-state index in [0.29, 0.717) is 5.41 Å². The van der Waals surface area contributed by atoms with Crippen LogP contribution < -0.4 is 0 Å². The maximum atomic E-state index is 2.64. The van der Waals surface area contributed by atoms with Crippen molar-refractivity contribution < 1.29 is 0 Å². The molecule has 1 aliphatic carbocycles. The van der Waals surface area contributed by atoms with Gasteiger partial charge in [-0.3, -0.25) is 0 Å². The average Bonchev–Trinajstić information content (AvgIpc) is 3.31. The first-order chi connectivity index (χ1) is 10.1. The molecule has 3 rings (SSSR count). The maximum absolute atomic E-state index is 2.64. The Morgan fingerprint density at radius 2 is 1.71 bits per heavy atom. The van der Waals surface area contributed by atoms with Crippen molar-refractivity contribution in [3.05, 3.63) is 35.4 Å². The number of piperidine rings is 1. The molecule has 0 N–H and O–H groups in total. The van der Waals surface area contributed by atoms with Gasteiger partial charge >= 0.3 is 0 Å². The van der Waals surface area contributed by atoms with Crippen LogP contribution in [0.3, 0.4) is 0 Å². The fourth-order valence-electron chi connectivity index (χ4n) is 3.99. The summed E-state index contributed by atoms with van der Waals surface area (Å²) in [5.74, 6) is 0.921. The zero-order valence-corrected chi connectivity index (χ0v) is 14.7. The number of hydrogen-bond donors (Lipinski definition) is 0. The molecule has 1 saturated carbocycles. The van der Waals surface area contributed by atoms with E-state index in [9.17, 15) is 0 Å². The van der Waals surface area contributed by atoms with Crippen LogP contribution in [0.25, 0.3) is 0 Å². The lowest BCUT2D eigenvalue weighted by molar-refractivity contribution is 0.132. The predicted molar refractivity (Wildman–Crippen MR) is 92.9 cm³/mol. The van der Waals surface area contributed by atoms with Crippen molar-refractivity contribution >= 4 is 0 Å². The lowest BCUT2D eigenvalue weighted by atomic mass is 9.76. The Kier molecular flexibility index (Phi) is 5.48. The van der Waals surface area contributed by atoms with Crippen LogP contribution in [0.5, 0.6) is 0 Å². The SMILES string of the molecule is CC.Cc1cccc(C2(C3CCN(C(C)C)CC3)CC2)c1. The molecule has 1 saturated heterocycles. The summed E-state index contributed by atoms with van der Waals surface area (Å²) in [7, 11) is 0. The van der Waals surface area contributed by atoms with Crippen molar-refractivity contribution in [2.24, 2.45) is 5.92 Å². The molecule has 1 heteroatoms. The van der Waals surface area contributed by atoms with Gasteiger partial charge in [-0.2, -0.15) is 0 Å². The highest BCUT2D eigenvalue weighted by molar-refractivity contribution is 5.35. The molecule has 1 aromatic carbocycles. The minimum absolute atomic E-state index is 0.551. The summed E-state index contributed by atoms with van der Waals surface area (Å²) in [5.41, 5.74) is 3.59. The fraction of sp³-hybridized carbons (Fsp3) is 0.700. The molecule has 0 aromatic heterocycles. The van der Waals surface area contributed by atoms with Crippen molar-refractivity contribution in [3.63, 3.8) is 0 Å². The third kappa shape index (κ3) is 3.51. The van der Waals surface area contributed by atoms with Crippen LogP contribution in [-0.4, -0.2) is 24.0 Å². The molecule has 1 nitrogen and oxygen atoms in total. The van der Waals surface area contributed by atoms with Crippen molar-refractivity contribution in [3.8, 4) is 0 Å². The van der Waals surface area contributed by atoms with Crippen LogP contribution in [-0.2, 0) is 5.41 Å². The largest absolute Gasteiger partial charge is 0.301 e. The van der Waals surface area contributed by atoms with Gasteiger partial charge in [0.1, 0.15) is 0 Å². The lowest BCUT2D eigenvalue weighted by Crippen LogP contribution is -2.41. The van der Waals surface area contributed by atoms with Gasteiger partial charge < -0.3 is 4.90 Å². The maximum Gasteiger partial charge on any atom is 0.00385 e. The van der Waals surface area contributed by atoms with Crippen LogP contribution >= 0.6 is 0 Å². The number of hydrogen-bond acceptors (Lipinski definition) is 1. The Labute approximate surface area is 131 Å². The van der Waals surface area contributed by atoms with E-state index >= 15 is 0 Å². The lowest BCUT2D eigenvalue weighted by Gasteiger charge is -2.38. The first-order valence-corrected chi connectivity index (χ1v) is 8.93. The van der Waals surface area contributed by atoms with E-state index in [1.165, 1.54) is 44.3 Å². The third-order valence-electron chi connectivity index (χ3n) is 5.42. The van der Waals surface area contributed by atoms with Gasteiger partial charge in [0.15, 0.2) is 0 Å². The second-order valence-electron chi connectivity index (χ2n) is 6.93. The quantitative estimate of drug-likeness (QED) is 0.741. The molecule has 0 amide bonds. The molecule has 2 aliphatic rings. The standard InChI is InChI=1S/C18H27N.C2H6/c1-14(2)19-11-7-16(8-12-19)18(9-10-18)17-6-4-5-15(3)13-17;1-2/h4-6,13-14,16H,7-12H2,1-3H3;1-2H3. The van der Waals surface area contributed by atoms with Gasteiger partial charge in [-0.1, -0.05) is 43.7 Å². The van der Waals surface area contributed by atoms with Crippen molar-refractivity contribution in [1.29, 1.82) is 0 Å². The summed E-state index contributed by atoms with van der Waals surface area (Å²) in [6.07, 6.45) is 5.63. The third-order valence-corrected chi connectivity index (χ3v) is 5.42. The Morgan fingerprint density at radius 3 is 2.19 bits per heavy atom. The van der Waals surface area contributed by atoms with E-state index in [0.717, 1.165) is 12.0 Å². The van der Waals surface area contributed by atoms with E-state index in [4.69, 9.17) is 0 Å². The van der Waals surface area contributed by atoms with Gasteiger partial charge in [-0.15, -0.1) is 0 Å². The van der Waals surface area contributed by atoms with E-state index < -0.39 is 0 Å². The smallest absolute Gasteiger partial charge is 0.00385 e. The molecule has 1 aromatic rings. The Bertz CT molecular complexity index is 437. The molecule has 1 aliphatic heterocycles. The Balaban J connectivity index is 0.000000774. The number of benzene rings is 1. The molecule has 0 atom stereocenters. The van der Waals surface area contributed by atoms with E-state index in [1.807, 2.05) is 13.8 Å². The average molecular weight is 287 g/mol. The topological polar surface area (TPSA) is 3.24 Å². The summed E-state index contributed by atoms with van der Waals surface area (Å²) in [5, 5.41) is 0. The van der Waals surface area contributed by atoms with Crippen LogP contribution in [0.4, 0.5) is 0 Å². The monoisotopic (exact) mass is 287 g/mol. The highest BCUT2D eigenvalue weighted by atomic mass is 15.1. The Morgan fingerprint density at radius 1 is 1.10 bits per heavy atom. The molecule has 21 heavy (non-hydrogen) atoms. The minimum Gasteiger partial charge on any atom is -0.301 e. The summed E-state index contributed by atoms with van der Waals surface area (Å²) in [4.78, 5) is 2.64. The summed E-state index contributed by atoms with van der Waals surface area (Å²) >= 11 is 0. The first-order valence-electron chi connectivity index (χ1n) is 8.93. The summed E-state index contributed by atoms with van der Waals surface area (Å²) in [6.45, 7) is 13.5. The summed E-state index contributed by atoms with van der Waals surface area (Å²) < 4.78 is 0. The molecular formula is C20H33N. The first kappa shape index (κ1) is 16.5. The van der Waals surface area contributed by atoms with Crippen LogP contribution in [0.1, 0.15) is 64.5 Å². The van der Waals surface area contributed by atoms with E-state index in [2.05, 4.69) is 49.9 Å². The molecule has 0 unspecified atom stereocenters. The van der Waals surface area contributed by atoms with Crippen LogP contribution in [0.2, 0.25) is 0 Å². The van der Waals surface area contributed by atoms with Gasteiger partial charge in [-0.05, 0) is 76.4 Å². The fourth-order valence-corrected chi connectivity index (χ4v) is 3.99.